The Balaban J connectivity index is 2.04. The van der Waals surface area contributed by atoms with Gasteiger partial charge in [-0.25, -0.2) is 0 Å². The highest BCUT2D eigenvalue weighted by Crippen LogP contribution is 2.32. The van der Waals surface area contributed by atoms with Gasteiger partial charge in [-0.15, -0.1) is 10.2 Å². The molecule has 0 atom stereocenters. The van der Waals surface area contributed by atoms with Crippen molar-refractivity contribution >= 4 is 11.3 Å². The molecule has 0 spiro atoms. The van der Waals surface area contributed by atoms with Gasteiger partial charge in [0.15, 0.2) is 5.65 Å². The van der Waals surface area contributed by atoms with Crippen LogP contribution < -0.4 is 5.73 Å². The fourth-order valence-corrected chi connectivity index (χ4v) is 2.20. The predicted octanol–water partition coefficient (Wildman–Crippen LogP) is 2.92. The Morgan fingerprint density at radius 1 is 1.10 bits per heavy atom. The van der Waals surface area contributed by atoms with Crippen LogP contribution in [-0.4, -0.2) is 14.6 Å². The zero-order valence-corrected chi connectivity index (χ0v) is 10.8. The smallest absolute Gasteiger partial charge is 0.399 e. The molecule has 7 heteroatoms. The number of hydrogen-bond acceptors (Lipinski definition) is 3. The van der Waals surface area contributed by atoms with Crippen molar-refractivity contribution in [2.75, 3.05) is 5.73 Å². The maximum absolute atomic E-state index is 13.0. The average molecular weight is 292 g/mol. The van der Waals surface area contributed by atoms with Crippen molar-refractivity contribution in [2.45, 2.75) is 12.6 Å². The molecule has 0 saturated carbocycles. The summed E-state index contributed by atoms with van der Waals surface area (Å²) in [5.74, 6) is 0.432. The second kappa shape index (κ2) is 4.76. The van der Waals surface area contributed by atoms with Gasteiger partial charge < -0.3 is 5.73 Å². The molecule has 0 amide bonds. The average Bonchev–Trinajstić information content (AvgIpc) is 2.80. The highest BCUT2D eigenvalue weighted by atomic mass is 19.4. The van der Waals surface area contributed by atoms with Crippen molar-refractivity contribution in [3.63, 3.8) is 0 Å². The van der Waals surface area contributed by atoms with E-state index in [1.165, 1.54) is 12.1 Å². The minimum atomic E-state index is -4.39. The summed E-state index contributed by atoms with van der Waals surface area (Å²) in [6.45, 7) is 0. The summed E-state index contributed by atoms with van der Waals surface area (Å²) in [6, 6.07) is 8.72. The molecule has 2 heterocycles. The fraction of sp³-hybridized carbons (Fsp3) is 0.143. The van der Waals surface area contributed by atoms with Crippen LogP contribution >= 0.6 is 0 Å². The molecule has 2 aromatic heterocycles. The van der Waals surface area contributed by atoms with Crippen molar-refractivity contribution in [1.29, 1.82) is 0 Å². The zero-order chi connectivity index (χ0) is 15.0. The van der Waals surface area contributed by atoms with Crippen LogP contribution in [0.2, 0.25) is 0 Å². The number of hydrogen-bond donors (Lipinski definition) is 1. The third kappa shape index (κ3) is 2.54. The number of halogens is 3. The number of nitrogens with two attached hydrogens (primary N) is 1. The van der Waals surface area contributed by atoms with Gasteiger partial charge in [0.05, 0.1) is 5.56 Å². The maximum Gasteiger partial charge on any atom is 0.416 e. The van der Waals surface area contributed by atoms with E-state index in [9.17, 15) is 13.2 Å². The molecule has 3 aromatic rings. The van der Waals surface area contributed by atoms with E-state index in [4.69, 9.17) is 5.73 Å². The lowest BCUT2D eigenvalue weighted by Crippen LogP contribution is -2.10. The molecule has 2 N–H and O–H groups in total. The summed E-state index contributed by atoms with van der Waals surface area (Å²) in [5.41, 5.74) is 6.18. The third-order valence-electron chi connectivity index (χ3n) is 3.18. The predicted molar refractivity (Wildman–Crippen MR) is 71.6 cm³/mol. The van der Waals surface area contributed by atoms with Gasteiger partial charge in [0.2, 0.25) is 0 Å². The topological polar surface area (TPSA) is 56.2 Å². The standard InChI is InChI=1S/C14H11F3N4/c15-14(16,17)11-4-2-1-3-9(11)7-12-19-20-13-8-10(18)5-6-21(12)13/h1-6,8H,7,18H2. The highest BCUT2D eigenvalue weighted by molar-refractivity contribution is 5.51. The van der Waals surface area contributed by atoms with Crippen LogP contribution in [-0.2, 0) is 12.6 Å². The SMILES string of the molecule is Nc1ccn2c(Cc3ccccc3C(F)(F)F)nnc2c1. The van der Waals surface area contributed by atoms with Gasteiger partial charge in [-0.3, -0.25) is 4.40 Å². The number of rotatable bonds is 2. The first-order valence-electron chi connectivity index (χ1n) is 6.19. The van der Waals surface area contributed by atoms with E-state index in [1.807, 2.05) is 0 Å². The van der Waals surface area contributed by atoms with Crippen LogP contribution in [0.3, 0.4) is 0 Å². The minimum absolute atomic E-state index is 0.0424. The van der Waals surface area contributed by atoms with Gasteiger partial charge in [-0.05, 0) is 17.7 Å². The van der Waals surface area contributed by atoms with Crippen LogP contribution in [0.1, 0.15) is 17.0 Å². The molecular weight excluding hydrogens is 281 g/mol. The molecule has 3 rings (SSSR count). The molecule has 0 saturated heterocycles. The molecule has 0 radical (unpaired) electrons. The van der Waals surface area contributed by atoms with E-state index in [2.05, 4.69) is 10.2 Å². The van der Waals surface area contributed by atoms with Crippen molar-refractivity contribution in [3.8, 4) is 0 Å². The Labute approximate surface area is 118 Å². The Hall–Kier alpha value is -2.57. The van der Waals surface area contributed by atoms with E-state index < -0.39 is 11.7 Å². The third-order valence-corrected chi connectivity index (χ3v) is 3.18. The number of nitrogen functional groups attached to an aromatic ring is 1. The molecule has 21 heavy (non-hydrogen) atoms. The lowest BCUT2D eigenvalue weighted by molar-refractivity contribution is -0.138. The van der Waals surface area contributed by atoms with Crippen LogP contribution in [0, 0.1) is 0 Å². The molecule has 1 aromatic carbocycles. The Kier molecular flexibility index (Phi) is 3.04. The molecule has 0 bridgehead atoms. The zero-order valence-electron chi connectivity index (χ0n) is 10.8. The second-order valence-electron chi connectivity index (χ2n) is 4.64. The van der Waals surface area contributed by atoms with Crippen LogP contribution in [0.25, 0.3) is 5.65 Å². The van der Waals surface area contributed by atoms with Crippen LogP contribution in [0.4, 0.5) is 18.9 Å². The van der Waals surface area contributed by atoms with E-state index in [0.29, 0.717) is 17.2 Å². The number of benzene rings is 1. The summed E-state index contributed by atoms with van der Waals surface area (Å²) in [7, 11) is 0. The first-order valence-corrected chi connectivity index (χ1v) is 6.19. The quantitative estimate of drug-likeness (QED) is 0.790. The molecule has 0 fully saturated rings. The number of aromatic nitrogens is 3. The first-order chi connectivity index (χ1) is 9.95. The highest BCUT2D eigenvalue weighted by Gasteiger charge is 2.33. The number of pyridine rings is 1. The van der Waals surface area contributed by atoms with E-state index in [-0.39, 0.29) is 12.0 Å². The van der Waals surface area contributed by atoms with Crippen molar-refractivity contribution in [2.24, 2.45) is 0 Å². The van der Waals surface area contributed by atoms with Crippen molar-refractivity contribution in [1.82, 2.24) is 14.6 Å². The van der Waals surface area contributed by atoms with Gasteiger partial charge in [0.1, 0.15) is 5.82 Å². The van der Waals surface area contributed by atoms with Gasteiger partial charge in [-0.2, -0.15) is 13.2 Å². The summed E-state index contributed by atoms with van der Waals surface area (Å²) >= 11 is 0. The number of anilines is 1. The molecule has 0 unspecified atom stereocenters. The minimum Gasteiger partial charge on any atom is -0.399 e. The molecule has 0 aliphatic heterocycles. The second-order valence-corrected chi connectivity index (χ2v) is 4.64. The van der Waals surface area contributed by atoms with E-state index >= 15 is 0 Å². The molecule has 0 aliphatic carbocycles. The number of alkyl halides is 3. The summed E-state index contributed by atoms with van der Waals surface area (Å²) in [5, 5.41) is 7.86. The summed E-state index contributed by atoms with van der Waals surface area (Å²) in [6.07, 6.45) is -2.70. The number of fused-ring (bicyclic) bond motifs is 1. The van der Waals surface area contributed by atoms with Gasteiger partial charge in [0, 0.05) is 24.4 Å². The largest absolute Gasteiger partial charge is 0.416 e. The Bertz CT molecular complexity index is 792. The molecule has 4 nitrogen and oxygen atoms in total. The lowest BCUT2D eigenvalue weighted by Gasteiger charge is -2.11. The number of nitrogens with zero attached hydrogens (tertiary/aromatic N) is 3. The summed E-state index contributed by atoms with van der Waals surface area (Å²) < 4.78 is 40.6. The monoisotopic (exact) mass is 292 g/mol. The van der Waals surface area contributed by atoms with Crippen molar-refractivity contribution in [3.05, 3.63) is 59.5 Å². The van der Waals surface area contributed by atoms with Gasteiger partial charge in [0.25, 0.3) is 0 Å². The maximum atomic E-state index is 13.0. The van der Waals surface area contributed by atoms with Crippen molar-refractivity contribution < 1.29 is 13.2 Å². The molecule has 108 valence electrons. The van der Waals surface area contributed by atoms with Crippen LogP contribution in [0.5, 0.6) is 0 Å². The molecule has 0 aliphatic rings. The fourth-order valence-electron chi connectivity index (χ4n) is 2.20. The van der Waals surface area contributed by atoms with E-state index in [1.54, 1.807) is 28.8 Å². The van der Waals surface area contributed by atoms with Gasteiger partial charge in [-0.1, -0.05) is 18.2 Å². The Morgan fingerprint density at radius 3 is 2.62 bits per heavy atom. The molecular formula is C14H11F3N4. The summed E-state index contributed by atoms with van der Waals surface area (Å²) in [4.78, 5) is 0. The van der Waals surface area contributed by atoms with Crippen LogP contribution in [0.15, 0.2) is 42.6 Å². The first kappa shape index (κ1) is 13.4. The van der Waals surface area contributed by atoms with Gasteiger partial charge >= 0.3 is 6.18 Å². The van der Waals surface area contributed by atoms with E-state index in [0.717, 1.165) is 6.07 Å². The Morgan fingerprint density at radius 2 is 1.86 bits per heavy atom. The lowest BCUT2D eigenvalue weighted by atomic mass is 10.0. The normalized spacial score (nSPS) is 12.0.